The second-order valence-corrected chi connectivity index (χ2v) is 4.77. The van der Waals surface area contributed by atoms with Crippen molar-refractivity contribution in [1.29, 1.82) is 0 Å². The summed E-state index contributed by atoms with van der Waals surface area (Å²) >= 11 is 0. The van der Waals surface area contributed by atoms with Gasteiger partial charge in [-0.2, -0.15) is 0 Å². The van der Waals surface area contributed by atoms with E-state index in [9.17, 15) is 14.7 Å². The second-order valence-electron chi connectivity index (χ2n) is 4.77. The third-order valence-electron chi connectivity index (χ3n) is 2.41. The van der Waals surface area contributed by atoms with Crippen molar-refractivity contribution in [2.24, 2.45) is 5.41 Å². The summed E-state index contributed by atoms with van der Waals surface area (Å²) in [6.07, 6.45) is -0.719. The number of amides is 2. The molecule has 0 radical (unpaired) electrons. The van der Waals surface area contributed by atoms with Crippen molar-refractivity contribution in [1.82, 2.24) is 4.90 Å². The molecule has 1 atom stereocenters. The van der Waals surface area contributed by atoms with Gasteiger partial charge in [0.05, 0.1) is 12.6 Å². The summed E-state index contributed by atoms with van der Waals surface area (Å²) in [4.78, 5) is 23.7. The van der Waals surface area contributed by atoms with Gasteiger partial charge in [-0.05, 0) is 5.41 Å². The van der Waals surface area contributed by atoms with Crippen LogP contribution in [0.15, 0.2) is 0 Å². The van der Waals surface area contributed by atoms with Crippen molar-refractivity contribution in [2.75, 3.05) is 19.8 Å². The molecular formula is C10H17NO4. The van der Waals surface area contributed by atoms with Gasteiger partial charge in [-0.15, -0.1) is 0 Å². The predicted octanol–water partition coefficient (Wildman–Crippen LogP) is -0.221. The lowest BCUT2D eigenvalue weighted by Gasteiger charge is -2.32. The largest absolute Gasteiger partial charge is 0.391 e. The van der Waals surface area contributed by atoms with Gasteiger partial charge in [-0.3, -0.25) is 14.5 Å². The summed E-state index contributed by atoms with van der Waals surface area (Å²) in [5.74, 6) is -0.760. The average Bonchev–Trinajstić information content (AvgIpc) is 2.09. The smallest absolute Gasteiger partial charge is 0.255 e. The molecule has 1 unspecified atom stereocenters. The van der Waals surface area contributed by atoms with E-state index in [-0.39, 0.29) is 37.0 Å². The minimum atomic E-state index is -0.719. The van der Waals surface area contributed by atoms with E-state index < -0.39 is 6.10 Å². The Labute approximate surface area is 89.0 Å². The number of hydrogen-bond donors (Lipinski definition) is 1. The molecule has 86 valence electrons. The Balaban J connectivity index is 2.63. The standard InChI is InChI=1S/C10H17NO4/c1-10(2,3)7(12)4-11-8(13)5-15-6-9(11)14/h7,12H,4-6H2,1-3H3. The quantitative estimate of drug-likeness (QED) is 0.647. The fourth-order valence-electron chi connectivity index (χ4n) is 1.17. The van der Waals surface area contributed by atoms with E-state index >= 15 is 0 Å². The van der Waals surface area contributed by atoms with E-state index in [4.69, 9.17) is 4.74 Å². The topological polar surface area (TPSA) is 66.8 Å². The zero-order chi connectivity index (χ0) is 11.6. The Morgan fingerprint density at radius 3 is 2.20 bits per heavy atom. The maximum atomic E-state index is 11.3. The van der Waals surface area contributed by atoms with Gasteiger partial charge in [0.25, 0.3) is 11.8 Å². The number of β-amino-alcohol motifs (C(OH)–C–C–N with tert-alkyl or cyclic N) is 1. The Kier molecular flexibility index (Phi) is 3.46. The van der Waals surface area contributed by atoms with Crippen LogP contribution < -0.4 is 0 Å². The lowest BCUT2D eigenvalue weighted by Crippen LogP contribution is -2.51. The molecule has 15 heavy (non-hydrogen) atoms. The van der Waals surface area contributed by atoms with E-state index in [1.807, 2.05) is 20.8 Å². The first kappa shape index (κ1) is 12.1. The molecule has 0 saturated carbocycles. The average molecular weight is 215 g/mol. The van der Waals surface area contributed by atoms with Crippen LogP contribution in [0.3, 0.4) is 0 Å². The maximum absolute atomic E-state index is 11.3. The summed E-state index contributed by atoms with van der Waals surface area (Å²) in [7, 11) is 0. The Morgan fingerprint density at radius 1 is 1.33 bits per heavy atom. The number of hydrogen-bond acceptors (Lipinski definition) is 4. The van der Waals surface area contributed by atoms with Crippen molar-refractivity contribution in [3.63, 3.8) is 0 Å². The summed E-state index contributed by atoms with van der Waals surface area (Å²) < 4.78 is 4.77. The van der Waals surface area contributed by atoms with Gasteiger partial charge in [-0.25, -0.2) is 0 Å². The molecule has 1 aliphatic rings. The SMILES string of the molecule is CC(C)(C)C(O)CN1C(=O)COCC1=O. The van der Waals surface area contributed by atoms with Gasteiger partial charge in [0.15, 0.2) is 0 Å². The molecule has 0 aliphatic carbocycles. The molecule has 2 amide bonds. The summed E-state index contributed by atoms with van der Waals surface area (Å²) in [6, 6.07) is 0. The number of imide groups is 1. The Morgan fingerprint density at radius 2 is 1.80 bits per heavy atom. The number of nitrogens with zero attached hydrogens (tertiary/aromatic N) is 1. The first-order chi connectivity index (χ1) is 6.82. The van der Waals surface area contributed by atoms with Crippen LogP contribution in [0, 0.1) is 5.41 Å². The molecule has 1 N–H and O–H groups in total. The molecule has 0 bridgehead atoms. The minimum absolute atomic E-state index is 0.0462. The van der Waals surface area contributed by atoms with Gasteiger partial charge >= 0.3 is 0 Å². The molecule has 0 aromatic heterocycles. The molecule has 0 spiro atoms. The van der Waals surface area contributed by atoms with Crippen LogP contribution in [0.25, 0.3) is 0 Å². The van der Waals surface area contributed by atoms with Crippen LogP contribution in [-0.4, -0.2) is 47.7 Å². The maximum Gasteiger partial charge on any atom is 0.255 e. The van der Waals surface area contributed by atoms with Crippen molar-refractivity contribution >= 4 is 11.8 Å². The number of aliphatic hydroxyl groups excluding tert-OH is 1. The summed E-state index contributed by atoms with van der Waals surface area (Å²) in [6.45, 7) is 5.45. The normalized spacial score (nSPS) is 20.7. The minimum Gasteiger partial charge on any atom is -0.391 e. The van der Waals surface area contributed by atoms with E-state index in [0.29, 0.717) is 0 Å². The van der Waals surface area contributed by atoms with Crippen LogP contribution in [0.1, 0.15) is 20.8 Å². The van der Waals surface area contributed by atoms with Crippen molar-refractivity contribution in [2.45, 2.75) is 26.9 Å². The van der Waals surface area contributed by atoms with Crippen LogP contribution >= 0.6 is 0 Å². The highest BCUT2D eigenvalue weighted by Crippen LogP contribution is 2.20. The number of aliphatic hydroxyl groups is 1. The zero-order valence-electron chi connectivity index (χ0n) is 9.32. The highest BCUT2D eigenvalue weighted by molar-refractivity contribution is 5.98. The Hall–Kier alpha value is -0.940. The second kappa shape index (κ2) is 4.28. The first-order valence-electron chi connectivity index (χ1n) is 4.91. The monoisotopic (exact) mass is 215 g/mol. The molecule has 5 heteroatoms. The number of carbonyl (C=O) groups is 2. The summed E-state index contributed by atoms with van der Waals surface area (Å²) in [5, 5.41) is 9.79. The lowest BCUT2D eigenvalue weighted by atomic mass is 9.89. The molecule has 5 nitrogen and oxygen atoms in total. The van der Waals surface area contributed by atoms with Gasteiger partial charge in [0.2, 0.25) is 0 Å². The highest BCUT2D eigenvalue weighted by atomic mass is 16.5. The van der Waals surface area contributed by atoms with Crippen LogP contribution in [0.4, 0.5) is 0 Å². The summed E-state index contributed by atoms with van der Waals surface area (Å²) in [5.41, 5.74) is -0.348. The fraction of sp³-hybridized carbons (Fsp3) is 0.800. The molecule has 0 aromatic carbocycles. The highest BCUT2D eigenvalue weighted by Gasteiger charge is 2.32. The number of rotatable bonds is 2. The van der Waals surface area contributed by atoms with E-state index in [2.05, 4.69) is 0 Å². The third-order valence-corrected chi connectivity index (χ3v) is 2.41. The van der Waals surface area contributed by atoms with Crippen LogP contribution in [-0.2, 0) is 14.3 Å². The number of ether oxygens (including phenoxy) is 1. The van der Waals surface area contributed by atoms with Crippen molar-refractivity contribution < 1.29 is 19.4 Å². The van der Waals surface area contributed by atoms with Crippen LogP contribution in [0.5, 0.6) is 0 Å². The van der Waals surface area contributed by atoms with Crippen molar-refractivity contribution in [3.8, 4) is 0 Å². The predicted molar refractivity (Wildman–Crippen MR) is 53.0 cm³/mol. The van der Waals surface area contributed by atoms with Crippen molar-refractivity contribution in [3.05, 3.63) is 0 Å². The number of carbonyl (C=O) groups excluding carboxylic acids is 2. The molecule has 1 saturated heterocycles. The first-order valence-corrected chi connectivity index (χ1v) is 4.91. The molecular weight excluding hydrogens is 198 g/mol. The zero-order valence-corrected chi connectivity index (χ0v) is 9.32. The van der Waals surface area contributed by atoms with Gasteiger partial charge < -0.3 is 9.84 Å². The van der Waals surface area contributed by atoms with Gasteiger partial charge in [-0.1, -0.05) is 20.8 Å². The molecule has 1 fully saturated rings. The van der Waals surface area contributed by atoms with E-state index in [0.717, 1.165) is 4.90 Å². The van der Waals surface area contributed by atoms with E-state index in [1.54, 1.807) is 0 Å². The number of morpholine rings is 1. The molecule has 1 aliphatic heterocycles. The lowest BCUT2D eigenvalue weighted by molar-refractivity contribution is -0.161. The van der Waals surface area contributed by atoms with Gasteiger partial charge in [0.1, 0.15) is 13.2 Å². The van der Waals surface area contributed by atoms with Gasteiger partial charge in [0, 0.05) is 0 Å². The fourth-order valence-corrected chi connectivity index (χ4v) is 1.17. The Bertz CT molecular complexity index is 253. The molecule has 1 heterocycles. The third kappa shape index (κ3) is 3.00. The van der Waals surface area contributed by atoms with E-state index in [1.165, 1.54) is 0 Å². The molecule has 1 rings (SSSR count). The van der Waals surface area contributed by atoms with Crippen LogP contribution in [0.2, 0.25) is 0 Å². The molecule has 0 aromatic rings.